The van der Waals surface area contributed by atoms with E-state index in [0.29, 0.717) is 17.1 Å². The van der Waals surface area contributed by atoms with E-state index >= 15 is 0 Å². The Labute approximate surface area is 160 Å². The highest BCUT2D eigenvalue weighted by molar-refractivity contribution is 6.30. The Morgan fingerprint density at radius 2 is 1.81 bits per heavy atom. The van der Waals surface area contributed by atoms with Gasteiger partial charge in [0.2, 0.25) is 0 Å². The van der Waals surface area contributed by atoms with Crippen LogP contribution in [0.1, 0.15) is 27.5 Å². The fourth-order valence-corrected chi connectivity index (χ4v) is 3.72. The first-order valence-corrected chi connectivity index (χ1v) is 8.97. The lowest BCUT2D eigenvalue weighted by Gasteiger charge is -2.32. The van der Waals surface area contributed by atoms with Crippen molar-refractivity contribution in [2.45, 2.75) is 18.6 Å². The Balaban J connectivity index is 1.87. The molecular weight excluding hydrogens is 364 g/mol. The largest absolute Gasteiger partial charge is 0.390 e. The molecule has 0 saturated heterocycles. The molecule has 0 saturated carbocycles. The predicted octanol–water partition coefficient (Wildman–Crippen LogP) is 3.33. The van der Waals surface area contributed by atoms with Crippen LogP contribution in [-0.2, 0) is 6.42 Å². The molecule has 1 aromatic heterocycles. The molecule has 1 aliphatic carbocycles. The van der Waals surface area contributed by atoms with Crippen molar-refractivity contribution < 1.29 is 9.90 Å². The summed E-state index contributed by atoms with van der Waals surface area (Å²) in [7, 11) is 0. The fourth-order valence-electron chi connectivity index (χ4n) is 3.59. The number of fused-ring (bicyclic) bond motifs is 1. The van der Waals surface area contributed by atoms with Gasteiger partial charge in [0.25, 0.3) is 11.5 Å². The number of aliphatic hydroxyl groups is 1. The average Bonchev–Trinajstić information content (AvgIpc) is 3.00. The number of aromatic amines is 1. The fraction of sp³-hybridized carbons (Fsp3) is 0.143. The van der Waals surface area contributed by atoms with E-state index in [1.165, 1.54) is 17.2 Å². The van der Waals surface area contributed by atoms with E-state index in [2.05, 4.69) is 4.98 Å². The van der Waals surface area contributed by atoms with Gasteiger partial charge >= 0.3 is 0 Å². The second kappa shape index (κ2) is 7.02. The van der Waals surface area contributed by atoms with Crippen LogP contribution in [0.4, 0.5) is 5.69 Å². The van der Waals surface area contributed by atoms with Crippen LogP contribution in [0.3, 0.4) is 0 Å². The third-order valence-corrected chi connectivity index (χ3v) is 5.07. The molecule has 136 valence electrons. The number of anilines is 1. The lowest BCUT2D eigenvalue weighted by molar-refractivity contribution is 0.0924. The van der Waals surface area contributed by atoms with Gasteiger partial charge in [-0.15, -0.1) is 0 Å². The minimum atomic E-state index is -0.773. The zero-order valence-corrected chi connectivity index (χ0v) is 15.1. The van der Waals surface area contributed by atoms with Crippen LogP contribution in [0.2, 0.25) is 5.02 Å². The number of H-pyrrole nitrogens is 1. The highest BCUT2D eigenvalue weighted by atomic mass is 35.5. The van der Waals surface area contributed by atoms with E-state index in [9.17, 15) is 14.7 Å². The molecule has 4 rings (SSSR count). The van der Waals surface area contributed by atoms with Crippen molar-refractivity contribution >= 4 is 23.2 Å². The Kier molecular flexibility index (Phi) is 4.56. The summed E-state index contributed by atoms with van der Waals surface area (Å²) in [6.07, 6.45) is 1.15. The maximum absolute atomic E-state index is 13.4. The van der Waals surface area contributed by atoms with Gasteiger partial charge in [0.05, 0.1) is 12.1 Å². The van der Waals surface area contributed by atoms with Crippen LogP contribution >= 0.6 is 11.6 Å². The van der Waals surface area contributed by atoms with Crippen LogP contribution in [0.25, 0.3) is 0 Å². The summed E-state index contributed by atoms with van der Waals surface area (Å²) in [4.78, 5) is 29.6. The van der Waals surface area contributed by atoms with Crippen molar-refractivity contribution in [2.75, 3.05) is 4.90 Å². The number of nitrogens with zero attached hydrogens (tertiary/aromatic N) is 1. The number of pyridine rings is 1. The number of benzene rings is 2. The lowest BCUT2D eigenvalue weighted by Crippen LogP contribution is -2.41. The number of rotatable bonds is 3. The quantitative estimate of drug-likeness (QED) is 0.732. The normalized spacial score (nSPS) is 18.1. The number of carbonyl (C=O) groups is 1. The van der Waals surface area contributed by atoms with Gasteiger partial charge in [-0.05, 0) is 47.5 Å². The first-order valence-electron chi connectivity index (χ1n) is 8.59. The standard InChI is InChI=1S/C21H17ClN2O3/c22-14-7-9-15(10-8-14)24(21(27)17-6-3-11-23-20(17)26)19-16-5-2-1-4-13(16)12-18(19)25/h1-11,18-19,25H,12H2,(H,23,26)/t18-,19+/m0/s1. The molecule has 1 amide bonds. The SMILES string of the molecule is O=C(c1ccc[nH]c1=O)N(c1ccc(Cl)cc1)[C@@H]1c2ccccc2C[C@@H]1O. The Hall–Kier alpha value is -2.89. The highest BCUT2D eigenvalue weighted by Gasteiger charge is 2.39. The number of aromatic nitrogens is 1. The van der Waals surface area contributed by atoms with Gasteiger partial charge in [-0.3, -0.25) is 14.5 Å². The van der Waals surface area contributed by atoms with Crippen LogP contribution < -0.4 is 10.5 Å². The molecule has 27 heavy (non-hydrogen) atoms. The molecular formula is C21H17ClN2O3. The molecule has 5 nitrogen and oxygen atoms in total. The zero-order chi connectivity index (χ0) is 19.0. The van der Waals surface area contributed by atoms with Gasteiger partial charge in [0.1, 0.15) is 5.56 Å². The van der Waals surface area contributed by atoms with Crippen molar-refractivity contribution in [1.82, 2.24) is 4.98 Å². The van der Waals surface area contributed by atoms with Crippen molar-refractivity contribution in [2.24, 2.45) is 0 Å². The summed E-state index contributed by atoms with van der Waals surface area (Å²) >= 11 is 6.00. The molecule has 0 radical (unpaired) electrons. The van der Waals surface area contributed by atoms with E-state index in [-0.39, 0.29) is 5.56 Å². The minimum absolute atomic E-state index is 0.0176. The summed E-state index contributed by atoms with van der Waals surface area (Å²) in [6.45, 7) is 0. The van der Waals surface area contributed by atoms with E-state index in [4.69, 9.17) is 11.6 Å². The molecule has 0 aliphatic heterocycles. The van der Waals surface area contributed by atoms with E-state index in [1.54, 1.807) is 30.3 Å². The van der Waals surface area contributed by atoms with Crippen molar-refractivity contribution in [3.05, 3.63) is 98.9 Å². The molecule has 2 aromatic carbocycles. The van der Waals surface area contributed by atoms with Crippen molar-refractivity contribution in [3.63, 3.8) is 0 Å². The molecule has 3 aromatic rings. The Bertz CT molecular complexity index is 1050. The minimum Gasteiger partial charge on any atom is -0.390 e. The average molecular weight is 381 g/mol. The summed E-state index contributed by atoms with van der Waals surface area (Å²) in [5.74, 6) is -0.472. The number of amides is 1. The van der Waals surface area contributed by atoms with Gasteiger partial charge in [0.15, 0.2) is 0 Å². The molecule has 0 bridgehead atoms. The monoisotopic (exact) mass is 380 g/mol. The summed E-state index contributed by atoms with van der Waals surface area (Å²) in [5.41, 5.74) is 1.98. The molecule has 1 aliphatic rings. The van der Waals surface area contributed by atoms with E-state index in [0.717, 1.165) is 11.1 Å². The number of hydrogen-bond acceptors (Lipinski definition) is 3. The Morgan fingerprint density at radius 1 is 1.07 bits per heavy atom. The maximum atomic E-state index is 13.4. The first kappa shape index (κ1) is 17.5. The highest BCUT2D eigenvalue weighted by Crippen LogP contribution is 2.39. The van der Waals surface area contributed by atoms with Gasteiger partial charge in [-0.2, -0.15) is 0 Å². The third-order valence-electron chi connectivity index (χ3n) is 4.82. The Morgan fingerprint density at radius 3 is 2.56 bits per heavy atom. The topological polar surface area (TPSA) is 73.4 Å². The van der Waals surface area contributed by atoms with Gasteiger partial charge in [0, 0.05) is 23.3 Å². The number of hydrogen-bond donors (Lipinski definition) is 2. The second-order valence-corrected chi connectivity index (χ2v) is 6.92. The molecule has 0 spiro atoms. The maximum Gasteiger partial charge on any atom is 0.264 e. The van der Waals surface area contributed by atoms with Gasteiger partial charge in [-0.25, -0.2) is 0 Å². The molecule has 2 N–H and O–H groups in total. The van der Waals surface area contributed by atoms with Gasteiger partial charge in [-0.1, -0.05) is 35.9 Å². The zero-order valence-electron chi connectivity index (χ0n) is 14.3. The van der Waals surface area contributed by atoms with Crippen LogP contribution in [0.5, 0.6) is 0 Å². The number of nitrogens with one attached hydrogen (secondary N) is 1. The van der Waals surface area contributed by atoms with Crippen molar-refractivity contribution in [1.29, 1.82) is 0 Å². The van der Waals surface area contributed by atoms with Crippen LogP contribution in [-0.4, -0.2) is 22.1 Å². The van der Waals surface area contributed by atoms with E-state index < -0.39 is 23.6 Å². The second-order valence-electron chi connectivity index (χ2n) is 6.48. The van der Waals surface area contributed by atoms with Crippen molar-refractivity contribution in [3.8, 4) is 0 Å². The molecule has 0 unspecified atom stereocenters. The molecule has 0 fully saturated rings. The van der Waals surface area contributed by atoms with Crippen LogP contribution in [0.15, 0.2) is 71.7 Å². The molecule has 1 heterocycles. The first-order chi connectivity index (χ1) is 13.1. The summed E-state index contributed by atoms with van der Waals surface area (Å²) in [6, 6.07) is 16.9. The molecule has 2 atom stereocenters. The summed E-state index contributed by atoms with van der Waals surface area (Å²) < 4.78 is 0. The number of halogens is 1. The van der Waals surface area contributed by atoms with Gasteiger partial charge < -0.3 is 10.1 Å². The third kappa shape index (κ3) is 3.16. The number of aliphatic hydroxyl groups excluding tert-OH is 1. The smallest absolute Gasteiger partial charge is 0.264 e. The lowest BCUT2D eigenvalue weighted by atomic mass is 10.0. The van der Waals surface area contributed by atoms with Crippen LogP contribution in [0, 0.1) is 0 Å². The molecule has 6 heteroatoms. The summed E-state index contributed by atoms with van der Waals surface area (Å²) in [5, 5.41) is 11.3. The predicted molar refractivity (Wildman–Crippen MR) is 104 cm³/mol. The van der Waals surface area contributed by atoms with E-state index in [1.807, 2.05) is 24.3 Å². The number of carbonyl (C=O) groups excluding carboxylic acids is 1.